The van der Waals surface area contributed by atoms with E-state index in [4.69, 9.17) is 37.0 Å². The second kappa shape index (κ2) is 78.3. The molecular weight excluding hydrogens is 1380 g/mol. The van der Waals surface area contributed by atoms with E-state index in [2.05, 4.69) is 149 Å². The van der Waals surface area contributed by atoms with Crippen molar-refractivity contribution in [2.75, 3.05) is 39.6 Å². The molecule has 0 aliphatic carbocycles. The van der Waals surface area contributed by atoms with Crippen molar-refractivity contribution in [2.24, 2.45) is 0 Å². The Kier molecular flexibility index (Phi) is 74.8. The van der Waals surface area contributed by atoms with Gasteiger partial charge in [0, 0.05) is 25.7 Å². The zero-order valence-electron chi connectivity index (χ0n) is 66.6. The van der Waals surface area contributed by atoms with Gasteiger partial charge in [-0.25, -0.2) is 9.13 Å². The van der Waals surface area contributed by atoms with Crippen molar-refractivity contribution in [1.82, 2.24) is 0 Å². The quantitative estimate of drug-likeness (QED) is 0.0169. The van der Waals surface area contributed by atoms with Gasteiger partial charge in [-0.2, -0.15) is 0 Å². The molecule has 0 spiro atoms. The zero-order chi connectivity index (χ0) is 77.4. The van der Waals surface area contributed by atoms with Crippen LogP contribution in [0.1, 0.15) is 336 Å². The Labute approximate surface area is 644 Å². The van der Waals surface area contributed by atoms with Crippen LogP contribution in [0.2, 0.25) is 0 Å². The van der Waals surface area contributed by atoms with Gasteiger partial charge in [0.05, 0.1) is 26.4 Å². The average Bonchev–Trinajstić information content (AvgIpc) is 0.902. The third-order valence-electron chi connectivity index (χ3n) is 17.1. The lowest BCUT2D eigenvalue weighted by molar-refractivity contribution is -0.161. The fourth-order valence-electron chi connectivity index (χ4n) is 10.8. The summed E-state index contributed by atoms with van der Waals surface area (Å²) in [6.07, 6.45) is 88.5. The molecule has 0 aromatic heterocycles. The molecule has 0 rings (SSSR count). The molecule has 106 heavy (non-hydrogen) atoms. The number of carbonyl (C=O) groups excluding carboxylic acids is 4. The molecule has 0 saturated heterocycles. The summed E-state index contributed by atoms with van der Waals surface area (Å²) in [7, 11) is -9.99. The van der Waals surface area contributed by atoms with E-state index in [-0.39, 0.29) is 25.7 Å². The minimum atomic E-state index is -5.00. The number of aliphatic hydroxyl groups is 1. The molecule has 0 heterocycles. The first-order valence-electron chi connectivity index (χ1n) is 41.4. The molecule has 0 aromatic rings. The van der Waals surface area contributed by atoms with Crippen LogP contribution in [0, 0.1) is 0 Å². The summed E-state index contributed by atoms with van der Waals surface area (Å²) in [5.41, 5.74) is 0. The molecule has 0 aromatic carbocycles. The summed E-state index contributed by atoms with van der Waals surface area (Å²) in [5, 5.41) is 10.7. The van der Waals surface area contributed by atoms with Gasteiger partial charge in [-0.15, -0.1) is 0 Å². The third-order valence-corrected chi connectivity index (χ3v) is 19.0. The van der Waals surface area contributed by atoms with E-state index in [1.165, 1.54) is 83.5 Å². The predicted molar refractivity (Wildman–Crippen MR) is 436 cm³/mol. The number of phosphoric ester groups is 2. The maximum absolute atomic E-state index is 13.1. The van der Waals surface area contributed by atoms with E-state index in [0.717, 1.165) is 167 Å². The average molecular weight is 1530 g/mol. The highest BCUT2D eigenvalue weighted by molar-refractivity contribution is 7.47. The Morgan fingerprint density at radius 3 is 0.830 bits per heavy atom. The number of carbonyl (C=O) groups is 4. The summed E-state index contributed by atoms with van der Waals surface area (Å²) in [6.45, 7) is 4.63. The minimum Gasteiger partial charge on any atom is -0.462 e. The molecule has 3 N–H and O–H groups in total. The fraction of sp³-hybridized carbons (Fsp3) is 0.701. The molecule has 0 saturated carbocycles. The minimum absolute atomic E-state index is 0.0408. The molecule has 5 atom stereocenters. The second-order valence-electron chi connectivity index (χ2n) is 27.3. The van der Waals surface area contributed by atoms with E-state index in [1.807, 2.05) is 12.2 Å². The van der Waals surface area contributed by atoms with Crippen molar-refractivity contribution in [1.29, 1.82) is 0 Å². The summed E-state index contributed by atoms with van der Waals surface area (Å²) < 4.78 is 68.6. The Morgan fingerprint density at radius 2 is 0.500 bits per heavy atom. The number of ether oxygens (including phenoxy) is 4. The lowest BCUT2D eigenvalue weighted by Gasteiger charge is -2.21. The zero-order valence-corrected chi connectivity index (χ0v) is 68.4. The van der Waals surface area contributed by atoms with Crippen LogP contribution < -0.4 is 0 Å². The Balaban J connectivity index is 5.46. The monoisotopic (exact) mass is 1530 g/mol. The fourth-order valence-corrected chi connectivity index (χ4v) is 12.3. The van der Waals surface area contributed by atoms with Gasteiger partial charge in [0.15, 0.2) is 12.2 Å². The first kappa shape index (κ1) is 101. The molecule has 0 aliphatic heterocycles. The van der Waals surface area contributed by atoms with Crippen molar-refractivity contribution in [3.8, 4) is 0 Å². The van der Waals surface area contributed by atoms with Crippen LogP contribution in [-0.2, 0) is 65.4 Å². The number of hydrogen-bond acceptors (Lipinski definition) is 15. The highest BCUT2D eigenvalue weighted by Gasteiger charge is 2.30. The standard InChI is InChI=1S/C87H148O17P2/c1-5-9-13-17-21-25-29-33-37-39-40-42-46-50-54-58-62-66-70-74-87(92)104-83(78-98-85(90)72-68-64-60-56-52-48-45-41-38-34-30-26-22-18-14-10-6-2)80-102-106(95,96)100-76-81(88)75-99-105(93,94)101-79-82(103-86(91)73-69-65-61-57-53-49-44-36-32-28-24-20-16-12-8-4)77-97-84(89)71-67-63-59-55-51-47-43-35-31-27-23-19-15-11-7-3/h9,13,21-22,25-28,31-34,37-38,40,42,45,48,50,54,56,60,81-83,88H,5-8,10-12,14-20,23-24,29-30,35-36,39,41,43-44,46-47,49,51-53,55,57-59,61-80H2,1-4H3,(H,93,94)(H,95,96)/b13-9-,25-21-,26-22-,31-27-,32-28-,37-33-,38-34-,42-40-,48-45-,54-50-,60-56-/t81-,82+,83+/m0/s1. The number of unbranched alkanes of at least 4 members (excludes halogenated alkanes) is 29. The molecule has 0 radical (unpaired) electrons. The smallest absolute Gasteiger partial charge is 0.462 e. The van der Waals surface area contributed by atoms with Gasteiger partial charge in [-0.1, -0.05) is 283 Å². The van der Waals surface area contributed by atoms with Crippen LogP contribution in [0.5, 0.6) is 0 Å². The first-order valence-corrected chi connectivity index (χ1v) is 44.4. The normalized spacial score (nSPS) is 14.5. The highest BCUT2D eigenvalue weighted by atomic mass is 31.2. The Bertz CT molecular complexity index is 2530. The van der Waals surface area contributed by atoms with Crippen LogP contribution >= 0.6 is 15.6 Å². The molecule has 0 bridgehead atoms. The summed E-state index contributed by atoms with van der Waals surface area (Å²) in [4.78, 5) is 73.1. The summed E-state index contributed by atoms with van der Waals surface area (Å²) in [5.74, 6) is -2.28. The van der Waals surface area contributed by atoms with E-state index < -0.39 is 97.5 Å². The van der Waals surface area contributed by atoms with Gasteiger partial charge in [0.25, 0.3) is 0 Å². The molecule has 608 valence electrons. The largest absolute Gasteiger partial charge is 0.472 e. The lowest BCUT2D eigenvalue weighted by Crippen LogP contribution is -2.30. The number of hydrogen-bond donors (Lipinski definition) is 3. The number of aliphatic hydroxyl groups excluding tert-OH is 1. The molecule has 19 heteroatoms. The van der Waals surface area contributed by atoms with Gasteiger partial charge >= 0.3 is 39.5 Å². The van der Waals surface area contributed by atoms with Crippen molar-refractivity contribution in [3.63, 3.8) is 0 Å². The van der Waals surface area contributed by atoms with Gasteiger partial charge in [-0.3, -0.25) is 37.3 Å². The van der Waals surface area contributed by atoms with Gasteiger partial charge in [0.2, 0.25) is 0 Å². The van der Waals surface area contributed by atoms with Crippen molar-refractivity contribution in [3.05, 3.63) is 134 Å². The van der Waals surface area contributed by atoms with E-state index >= 15 is 0 Å². The first-order chi connectivity index (χ1) is 51.7. The number of allylic oxidation sites excluding steroid dienone is 22. The molecule has 2 unspecified atom stereocenters. The van der Waals surface area contributed by atoms with E-state index in [0.29, 0.717) is 32.1 Å². The van der Waals surface area contributed by atoms with Crippen LogP contribution in [0.4, 0.5) is 0 Å². The summed E-state index contributed by atoms with van der Waals surface area (Å²) >= 11 is 0. The SMILES string of the molecule is CC/C=C\C/C=C\C/C=C\C/C=C\C/C=C\CCCCCC(=O)O[C@H](COC(=O)CCC/C=C\C/C=C\C/C=C\C/C=C\CCCCC)COP(=O)(O)OC[C@@H](O)COP(=O)(O)OC[C@@H](COC(=O)CCCCCCCCC/C=C\CCCCCC)OC(=O)CCCCCCCCC/C=C\CCCCCC. The molecule has 0 amide bonds. The van der Waals surface area contributed by atoms with Gasteiger partial charge < -0.3 is 33.8 Å². The molecule has 0 fully saturated rings. The van der Waals surface area contributed by atoms with Crippen LogP contribution in [-0.4, -0.2) is 96.7 Å². The van der Waals surface area contributed by atoms with Crippen LogP contribution in [0.25, 0.3) is 0 Å². The lowest BCUT2D eigenvalue weighted by atomic mass is 10.1. The van der Waals surface area contributed by atoms with E-state index in [9.17, 15) is 43.2 Å². The van der Waals surface area contributed by atoms with Crippen molar-refractivity contribution >= 4 is 39.5 Å². The maximum atomic E-state index is 13.1. The number of rotatable bonds is 77. The topological polar surface area (TPSA) is 237 Å². The Morgan fingerprint density at radius 1 is 0.274 bits per heavy atom. The summed E-state index contributed by atoms with van der Waals surface area (Å²) in [6, 6.07) is 0. The molecular formula is C87H148O17P2. The van der Waals surface area contributed by atoms with Gasteiger partial charge in [0.1, 0.15) is 19.3 Å². The molecule has 17 nitrogen and oxygen atoms in total. The highest BCUT2D eigenvalue weighted by Crippen LogP contribution is 2.45. The van der Waals surface area contributed by atoms with Crippen LogP contribution in [0.15, 0.2) is 134 Å². The third kappa shape index (κ3) is 77.4. The maximum Gasteiger partial charge on any atom is 0.472 e. The van der Waals surface area contributed by atoms with Crippen LogP contribution in [0.3, 0.4) is 0 Å². The Hall–Kier alpha value is -4.80. The van der Waals surface area contributed by atoms with E-state index in [1.54, 1.807) is 0 Å². The van der Waals surface area contributed by atoms with Crippen molar-refractivity contribution in [2.45, 2.75) is 354 Å². The van der Waals surface area contributed by atoms with Crippen molar-refractivity contribution < 1.29 is 80.2 Å². The molecule has 0 aliphatic rings. The van der Waals surface area contributed by atoms with Gasteiger partial charge in [-0.05, 0) is 161 Å². The second-order valence-corrected chi connectivity index (χ2v) is 30.2. The predicted octanol–water partition coefficient (Wildman–Crippen LogP) is 24.4. The number of phosphoric acid groups is 2. The number of esters is 4.